The molecular weight excluding hydrogens is 274 g/mol. The lowest BCUT2D eigenvalue weighted by Crippen LogP contribution is -2.54. The Morgan fingerprint density at radius 3 is 2.33 bits per heavy atom. The van der Waals surface area contributed by atoms with Gasteiger partial charge in [-0.1, -0.05) is 36.4 Å². The molecule has 6 N–H and O–H groups in total. The molecule has 0 heterocycles. The highest BCUT2D eigenvalue weighted by atomic mass is 16.4. The third-order valence-electron chi connectivity index (χ3n) is 3.73. The van der Waals surface area contributed by atoms with Crippen LogP contribution in [0, 0.1) is 0 Å². The van der Waals surface area contributed by atoms with Gasteiger partial charge in [-0.2, -0.15) is 0 Å². The minimum Gasteiger partial charge on any atom is -0.392 e. The summed E-state index contributed by atoms with van der Waals surface area (Å²) in [5, 5.41) is 51.5. The zero-order chi connectivity index (χ0) is 15.4. The van der Waals surface area contributed by atoms with Gasteiger partial charge in [-0.05, 0) is 11.1 Å². The van der Waals surface area contributed by atoms with E-state index in [1.54, 1.807) is 12.1 Å². The number of nitrogens with one attached hydrogen (secondary N) is 1. The van der Waals surface area contributed by atoms with Gasteiger partial charge in [0.25, 0.3) is 0 Å². The summed E-state index contributed by atoms with van der Waals surface area (Å²) in [6.07, 6.45) is -3.13. The Morgan fingerprint density at radius 1 is 1.05 bits per heavy atom. The molecule has 21 heavy (non-hydrogen) atoms. The van der Waals surface area contributed by atoms with Crippen molar-refractivity contribution in [1.82, 2.24) is 5.32 Å². The van der Waals surface area contributed by atoms with Crippen molar-refractivity contribution in [2.24, 2.45) is 0 Å². The first-order chi connectivity index (χ1) is 10.0. The number of rotatable bonds is 5. The minimum absolute atomic E-state index is 0.170. The quantitative estimate of drug-likeness (QED) is 0.376. The van der Waals surface area contributed by atoms with Gasteiger partial charge < -0.3 is 30.8 Å². The predicted octanol–water partition coefficient (Wildman–Crippen LogP) is -1.31. The molecule has 0 aromatic heterocycles. The topological polar surface area (TPSA) is 113 Å². The maximum atomic E-state index is 10.1. The van der Waals surface area contributed by atoms with E-state index < -0.39 is 37.1 Å². The van der Waals surface area contributed by atoms with Gasteiger partial charge in [-0.25, -0.2) is 0 Å². The monoisotopic (exact) mass is 295 g/mol. The molecule has 0 bridgehead atoms. The van der Waals surface area contributed by atoms with Crippen LogP contribution in [-0.2, 0) is 0 Å². The van der Waals surface area contributed by atoms with E-state index >= 15 is 0 Å². The Balaban J connectivity index is 2.00. The highest BCUT2D eigenvalue weighted by Gasteiger charge is 2.36. The van der Waals surface area contributed by atoms with Crippen LogP contribution in [0.15, 0.2) is 42.0 Å². The number of benzene rings is 1. The third kappa shape index (κ3) is 3.68. The average Bonchev–Trinajstić information content (AvgIpc) is 2.52. The van der Waals surface area contributed by atoms with Gasteiger partial charge >= 0.3 is 0 Å². The second-order valence-electron chi connectivity index (χ2n) is 5.19. The van der Waals surface area contributed by atoms with Gasteiger partial charge in [0.2, 0.25) is 0 Å². The Kier molecular flexibility index (Phi) is 5.46. The first-order valence-electron chi connectivity index (χ1n) is 6.86. The van der Waals surface area contributed by atoms with Crippen LogP contribution in [0.4, 0.5) is 0 Å². The smallest absolute Gasteiger partial charge is 0.111 e. The highest BCUT2D eigenvalue weighted by Crippen LogP contribution is 2.20. The zero-order valence-electron chi connectivity index (χ0n) is 11.5. The van der Waals surface area contributed by atoms with E-state index in [1.807, 2.05) is 18.2 Å². The first-order valence-corrected chi connectivity index (χ1v) is 6.86. The SMILES string of the molecule is OCC1=CC(NCC(O)c2ccccc2)C(O)C(O)C1O. The van der Waals surface area contributed by atoms with Gasteiger partial charge in [0.05, 0.1) is 18.8 Å². The molecule has 1 aliphatic carbocycles. The van der Waals surface area contributed by atoms with E-state index in [-0.39, 0.29) is 12.1 Å². The van der Waals surface area contributed by atoms with E-state index in [0.29, 0.717) is 0 Å². The molecular formula is C15H21NO5. The van der Waals surface area contributed by atoms with Crippen molar-refractivity contribution in [3.8, 4) is 0 Å². The predicted molar refractivity (Wildman–Crippen MR) is 76.4 cm³/mol. The maximum Gasteiger partial charge on any atom is 0.111 e. The Labute approximate surface area is 123 Å². The molecule has 0 amide bonds. The molecule has 5 unspecified atom stereocenters. The standard InChI is InChI=1S/C15H21NO5/c17-8-10-6-11(14(20)15(21)13(10)19)16-7-12(18)9-4-2-1-3-5-9/h1-6,11-21H,7-8H2. The Morgan fingerprint density at radius 2 is 1.71 bits per heavy atom. The Bertz CT molecular complexity index is 478. The molecule has 2 rings (SSSR count). The summed E-state index contributed by atoms with van der Waals surface area (Å²) in [7, 11) is 0. The van der Waals surface area contributed by atoms with Crippen LogP contribution in [0.25, 0.3) is 0 Å². The molecule has 6 nitrogen and oxygen atoms in total. The lowest BCUT2D eigenvalue weighted by atomic mass is 9.88. The van der Waals surface area contributed by atoms with Crippen LogP contribution in [0.3, 0.4) is 0 Å². The lowest BCUT2D eigenvalue weighted by Gasteiger charge is -2.35. The number of hydrogen-bond donors (Lipinski definition) is 6. The first kappa shape index (κ1) is 16.1. The summed E-state index contributed by atoms with van der Waals surface area (Å²) in [6, 6.07) is 8.41. The third-order valence-corrected chi connectivity index (χ3v) is 3.73. The molecule has 0 saturated carbocycles. The van der Waals surface area contributed by atoms with Crippen molar-refractivity contribution in [2.75, 3.05) is 13.2 Å². The number of hydrogen-bond acceptors (Lipinski definition) is 6. The van der Waals surface area contributed by atoms with E-state index in [4.69, 9.17) is 5.11 Å². The number of aliphatic hydroxyl groups is 5. The number of aliphatic hydroxyl groups excluding tert-OH is 5. The van der Waals surface area contributed by atoms with Crippen molar-refractivity contribution in [3.63, 3.8) is 0 Å². The minimum atomic E-state index is -1.37. The fourth-order valence-electron chi connectivity index (χ4n) is 2.41. The summed E-state index contributed by atoms with van der Waals surface area (Å²) in [6.45, 7) is -0.228. The zero-order valence-corrected chi connectivity index (χ0v) is 11.5. The fourth-order valence-corrected chi connectivity index (χ4v) is 2.41. The van der Waals surface area contributed by atoms with E-state index in [1.165, 1.54) is 6.08 Å². The van der Waals surface area contributed by atoms with E-state index in [2.05, 4.69) is 5.32 Å². The van der Waals surface area contributed by atoms with E-state index in [0.717, 1.165) is 5.56 Å². The van der Waals surface area contributed by atoms with E-state index in [9.17, 15) is 20.4 Å². The summed E-state index contributed by atoms with van der Waals surface area (Å²) in [5.41, 5.74) is 0.988. The molecule has 1 aromatic carbocycles. The maximum absolute atomic E-state index is 10.1. The largest absolute Gasteiger partial charge is 0.392 e. The van der Waals surface area contributed by atoms with Crippen molar-refractivity contribution < 1.29 is 25.5 Å². The molecule has 0 aliphatic heterocycles. The average molecular weight is 295 g/mol. The molecule has 1 aromatic rings. The summed E-state index contributed by atoms with van der Waals surface area (Å²) in [4.78, 5) is 0. The molecule has 0 spiro atoms. The summed E-state index contributed by atoms with van der Waals surface area (Å²) in [5.74, 6) is 0. The second kappa shape index (κ2) is 7.13. The van der Waals surface area contributed by atoms with Gasteiger partial charge in [0, 0.05) is 6.54 Å². The molecule has 6 heteroatoms. The van der Waals surface area contributed by atoms with Gasteiger partial charge in [-0.15, -0.1) is 0 Å². The van der Waals surface area contributed by atoms with Gasteiger partial charge in [-0.3, -0.25) is 0 Å². The highest BCUT2D eigenvalue weighted by molar-refractivity contribution is 5.22. The van der Waals surface area contributed by atoms with Crippen LogP contribution in [-0.4, -0.2) is 63.0 Å². The van der Waals surface area contributed by atoms with Crippen molar-refractivity contribution in [3.05, 3.63) is 47.5 Å². The van der Waals surface area contributed by atoms with Crippen molar-refractivity contribution in [1.29, 1.82) is 0 Å². The molecule has 0 radical (unpaired) electrons. The van der Waals surface area contributed by atoms with Crippen LogP contribution in [0.1, 0.15) is 11.7 Å². The molecule has 0 fully saturated rings. The summed E-state index contributed by atoms with van der Waals surface area (Å²) >= 11 is 0. The summed E-state index contributed by atoms with van der Waals surface area (Å²) < 4.78 is 0. The van der Waals surface area contributed by atoms with Crippen LogP contribution in [0.5, 0.6) is 0 Å². The van der Waals surface area contributed by atoms with Crippen molar-refractivity contribution >= 4 is 0 Å². The normalized spacial score (nSPS) is 30.8. The molecule has 5 atom stereocenters. The molecule has 1 aliphatic rings. The molecule has 0 saturated heterocycles. The van der Waals surface area contributed by atoms with Crippen molar-refractivity contribution in [2.45, 2.75) is 30.5 Å². The Hall–Kier alpha value is -1.28. The van der Waals surface area contributed by atoms with Crippen LogP contribution < -0.4 is 5.32 Å². The van der Waals surface area contributed by atoms with Gasteiger partial charge in [0.15, 0.2) is 0 Å². The van der Waals surface area contributed by atoms with Crippen LogP contribution >= 0.6 is 0 Å². The van der Waals surface area contributed by atoms with Gasteiger partial charge in [0.1, 0.15) is 18.3 Å². The fraction of sp³-hybridized carbons (Fsp3) is 0.467. The lowest BCUT2D eigenvalue weighted by molar-refractivity contribution is -0.0650. The molecule has 116 valence electrons. The van der Waals surface area contributed by atoms with Crippen LogP contribution in [0.2, 0.25) is 0 Å². The second-order valence-corrected chi connectivity index (χ2v) is 5.19.